The molecule has 0 saturated heterocycles. The fraction of sp³-hybridized carbons (Fsp3) is 0.250. The maximum atomic E-state index is 11.0. The molecule has 0 aliphatic carbocycles. The fourth-order valence-corrected chi connectivity index (χ4v) is 0.854. The van der Waals surface area contributed by atoms with Crippen LogP contribution in [0.5, 0.6) is 0 Å². The van der Waals surface area contributed by atoms with Gasteiger partial charge in [-0.1, -0.05) is 0 Å². The molecule has 0 unspecified atom stereocenters. The van der Waals surface area contributed by atoms with Gasteiger partial charge in [-0.05, 0) is 13.8 Å². The Hall–Kier alpha value is -1.78. The smallest absolute Gasteiger partial charge is 0.379 e. The van der Waals surface area contributed by atoms with E-state index in [2.05, 4.69) is 9.97 Å². The molecule has 1 aromatic heterocycles. The Balaban J connectivity index is 3.21. The van der Waals surface area contributed by atoms with Crippen LogP contribution in [0.3, 0.4) is 0 Å². The molecule has 0 aliphatic rings. The van der Waals surface area contributed by atoms with Crippen LogP contribution < -0.4 is 0 Å². The second-order valence-corrected chi connectivity index (χ2v) is 2.58. The van der Waals surface area contributed by atoms with Crippen molar-refractivity contribution in [1.29, 1.82) is 0 Å². The van der Waals surface area contributed by atoms with Crippen molar-refractivity contribution in [2.45, 2.75) is 13.8 Å². The molecule has 0 radical (unpaired) electrons. The molecule has 0 aliphatic heterocycles. The summed E-state index contributed by atoms with van der Waals surface area (Å²) >= 11 is 0. The van der Waals surface area contributed by atoms with E-state index in [0.29, 0.717) is 11.4 Å². The lowest BCUT2D eigenvalue weighted by Gasteiger charge is -2.00. The van der Waals surface area contributed by atoms with Crippen molar-refractivity contribution in [3.8, 4) is 0 Å². The molecule has 0 amide bonds. The number of ketones is 1. The summed E-state index contributed by atoms with van der Waals surface area (Å²) in [5.41, 5.74) is 0.765. The number of rotatable bonds is 2. The Morgan fingerprint density at radius 2 is 2.00 bits per heavy atom. The van der Waals surface area contributed by atoms with Gasteiger partial charge in [-0.25, -0.2) is 9.78 Å². The molecule has 0 aromatic carbocycles. The summed E-state index contributed by atoms with van der Waals surface area (Å²) in [7, 11) is 0. The third kappa shape index (κ3) is 1.87. The maximum Gasteiger partial charge on any atom is 0.379 e. The SMILES string of the molecule is Cc1cnc(C)c(C(=O)C(=O)O)n1. The van der Waals surface area contributed by atoms with Crippen molar-refractivity contribution < 1.29 is 14.7 Å². The van der Waals surface area contributed by atoms with Crippen LogP contribution in [0.2, 0.25) is 0 Å². The molecule has 1 N–H and O–H groups in total. The Morgan fingerprint density at radius 3 is 2.54 bits per heavy atom. The number of aromatic nitrogens is 2. The highest BCUT2D eigenvalue weighted by Crippen LogP contribution is 2.03. The first-order chi connectivity index (χ1) is 6.02. The lowest BCUT2D eigenvalue weighted by atomic mass is 10.2. The predicted molar refractivity (Wildman–Crippen MR) is 43.5 cm³/mol. The number of carboxylic acid groups (broad SMARTS) is 1. The van der Waals surface area contributed by atoms with Crippen molar-refractivity contribution >= 4 is 11.8 Å². The van der Waals surface area contributed by atoms with E-state index in [0.717, 1.165) is 0 Å². The molecule has 0 fully saturated rings. The number of hydrogen-bond donors (Lipinski definition) is 1. The molecule has 68 valence electrons. The van der Waals surface area contributed by atoms with E-state index in [1.807, 2.05) is 0 Å². The van der Waals surface area contributed by atoms with E-state index in [1.54, 1.807) is 13.8 Å². The minimum atomic E-state index is -1.51. The van der Waals surface area contributed by atoms with Crippen molar-refractivity contribution in [2.24, 2.45) is 0 Å². The van der Waals surface area contributed by atoms with Gasteiger partial charge in [0, 0.05) is 6.20 Å². The Kier molecular flexibility index (Phi) is 2.36. The molecule has 0 atom stereocenters. The number of nitrogens with zero attached hydrogens (tertiary/aromatic N) is 2. The molecular weight excluding hydrogens is 172 g/mol. The van der Waals surface area contributed by atoms with Gasteiger partial charge in [-0.15, -0.1) is 0 Å². The number of aliphatic carboxylic acids is 1. The summed E-state index contributed by atoms with van der Waals surface area (Å²) in [4.78, 5) is 29.0. The van der Waals surface area contributed by atoms with Gasteiger partial charge in [0.2, 0.25) is 0 Å². The van der Waals surface area contributed by atoms with Crippen LogP contribution in [0.15, 0.2) is 6.20 Å². The van der Waals surface area contributed by atoms with Crippen LogP contribution in [0, 0.1) is 13.8 Å². The van der Waals surface area contributed by atoms with E-state index in [-0.39, 0.29) is 5.69 Å². The fourth-order valence-electron chi connectivity index (χ4n) is 0.854. The first-order valence-corrected chi connectivity index (χ1v) is 3.60. The minimum Gasteiger partial charge on any atom is -0.475 e. The van der Waals surface area contributed by atoms with Crippen LogP contribution in [0.25, 0.3) is 0 Å². The first-order valence-electron chi connectivity index (χ1n) is 3.60. The van der Waals surface area contributed by atoms with Gasteiger partial charge in [0.05, 0.1) is 11.4 Å². The van der Waals surface area contributed by atoms with Crippen LogP contribution in [-0.2, 0) is 4.79 Å². The highest BCUT2D eigenvalue weighted by atomic mass is 16.4. The molecule has 0 spiro atoms. The summed E-state index contributed by atoms with van der Waals surface area (Å²) in [6.07, 6.45) is 1.48. The molecule has 0 saturated carbocycles. The van der Waals surface area contributed by atoms with E-state index in [4.69, 9.17) is 5.11 Å². The summed E-state index contributed by atoms with van der Waals surface area (Å²) in [5.74, 6) is -2.53. The van der Waals surface area contributed by atoms with Crippen molar-refractivity contribution in [3.63, 3.8) is 0 Å². The molecule has 5 heteroatoms. The zero-order valence-corrected chi connectivity index (χ0v) is 7.24. The van der Waals surface area contributed by atoms with E-state index < -0.39 is 11.8 Å². The number of carbonyl (C=O) groups excluding carboxylic acids is 1. The van der Waals surface area contributed by atoms with Gasteiger partial charge in [0.25, 0.3) is 5.78 Å². The molecule has 5 nitrogen and oxygen atoms in total. The molecular formula is C8H8N2O3. The Labute approximate surface area is 74.4 Å². The lowest BCUT2D eigenvalue weighted by Crippen LogP contribution is -2.17. The average Bonchev–Trinajstić information content (AvgIpc) is 2.08. The zero-order valence-electron chi connectivity index (χ0n) is 7.24. The number of carboxylic acids is 1. The first kappa shape index (κ1) is 9.31. The van der Waals surface area contributed by atoms with Gasteiger partial charge in [-0.2, -0.15) is 0 Å². The zero-order chi connectivity index (χ0) is 10.0. The quantitative estimate of drug-likeness (QED) is 0.525. The van der Waals surface area contributed by atoms with Crippen molar-refractivity contribution in [2.75, 3.05) is 0 Å². The lowest BCUT2D eigenvalue weighted by molar-refractivity contribution is -0.131. The predicted octanol–water partition coefficient (Wildman–Crippen LogP) is 0.361. The van der Waals surface area contributed by atoms with Gasteiger partial charge < -0.3 is 5.11 Å². The highest BCUT2D eigenvalue weighted by Gasteiger charge is 2.19. The van der Waals surface area contributed by atoms with E-state index in [1.165, 1.54) is 6.20 Å². The third-order valence-electron chi connectivity index (χ3n) is 1.49. The monoisotopic (exact) mass is 180 g/mol. The summed E-state index contributed by atoms with van der Waals surface area (Å²) in [6.45, 7) is 3.19. The molecule has 0 bridgehead atoms. The summed E-state index contributed by atoms with van der Waals surface area (Å²) < 4.78 is 0. The molecule has 13 heavy (non-hydrogen) atoms. The van der Waals surface area contributed by atoms with Crippen LogP contribution in [0.1, 0.15) is 21.9 Å². The molecule has 1 rings (SSSR count). The minimum absolute atomic E-state index is 0.0903. The number of Topliss-reactive ketones (excluding diaryl/α,β-unsaturated/α-hetero) is 1. The second kappa shape index (κ2) is 3.30. The standard InChI is InChI=1S/C8H8N2O3/c1-4-3-9-5(2)6(10-4)7(11)8(12)13/h3H,1-2H3,(H,12,13). The van der Waals surface area contributed by atoms with Crippen LogP contribution in [0.4, 0.5) is 0 Å². The van der Waals surface area contributed by atoms with Gasteiger partial charge >= 0.3 is 5.97 Å². The summed E-state index contributed by atoms with van der Waals surface area (Å²) in [5, 5.41) is 8.43. The van der Waals surface area contributed by atoms with E-state index >= 15 is 0 Å². The third-order valence-corrected chi connectivity index (χ3v) is 1.49. The van der Waals surface area contributed by atoms with Gasteiger partial charge in [0.1, 0.15) is 5.69 Å². The molecule has 1 heterocycles. The van der Waals surface area contributed by atoms with Crippen molar-refractivity contribution in [3.05, 3.63) is 23.3 Å². The largest absolute Gasteiger partial charge is 0.475 e. The highest BCUT2D eigenvalue weighted by molar-refractivity contribution is 6.39. The second-order valence-electron chi connectivity index (χ2n) is 2.58. The number of aryl methyl sites for hydroxylation is 2. The van der Waals surface area contributed by atoms with Gasteiger partial charge in [-0.3, -0.25) is 9.78 Å². The topological polar surface area (TPSA) is 80.2 Å². The van der Waals surface area contributed by atoms with E-state index in [9.17, 15) is 9.59 Å². The van der Waals surface area contributed by atoms with Crippen molar-refractivity contribution in [1.82, 2.24) is 9.97 Å². The maximum absolute atomic E-state index is 11.0. The molecule has 1 aromatic rings. The van der Waals surface area contributed by atoms with Crippen LogP contribution >= 0.6 is 0 Å². The normalized spacial score (nSPS) is 9.69. The Bertz CT molecular complexity index is 374. The Morgan fingerprint density at radius 1 is 1.38 bits per heavy atom. The van der Waals surface area contributed by atoms with Crippen LogP contribution in [-0.4, -0.2) is 26.8 Å². The average molecular weight is 180 g/mol. The number of carbonyl (C=O) groups is 2. The van der Waals surface area contributed by atoms with Gasteiger partial charge in [0.15, 0.2) is 0 Å². The summed E-state index contributed by atoms with van der Waals surface area (Å²) in [6, 6.07) is 0. The number of hydrogen-bond acceptors (Lipinski definition) is 4.